The van der Waals surface area contributed by atoms with E-state index in [9.17, 15) is 23.1 Å². The summed E-state index contributed by atoms with van der Waals surface area (Å²) in [5.41, 5.74) is -0.471. The van der Waals surface area contributed by atoms with Crippen molar-refractivity contribution < 1.29 is 18.3 Å². The number of nitrogens with zero attached hydrogens (tertiary/aromatic N) is 2. The number of hydrogen-bond acceptors (Lipinski definition) is 4. The minimum Gasteiger partial charge on any atom is -0.387 e. The highest BCUT2D eigenvalue weighted by atomic mass is 35.5. The molecule has 5 nitrogen and oxygen atoms in total. The van der Waals surface area contributed by atoms with Crippen LogP contribution in [0.5, 0.6) is 0 Å². The number of aliphatic hydroxyl groups excluding tert-OH is 1. The van der Waals surface area contributed by atoms with Crippen LogP contribution in [0, 0.1) is 17.5 Å². The van der Waals surface area contributed by atoms with E-state index in [2.05, 4.69) is 10.4 Å². The fraction of sp³-hybridized carbons (Fsp3) is 0.111. The van der Waals surface area contributed by atoms with Gasteiger partial charge >= 0.3 is 0 Å². The molecule has 140 valence electrons. The fourth-order valence-corrected chi connectivity index (χ4v) is 2.59. The van der Waals surface area contributed by atoms with Crippen LogP contribution in [0.1, 0.15) is 11.7 Å². The Morgan fingerprint density at radius 2 is 1.78 bits per heavy atom. The highest BCUT2D eigenvalue weighted by Crippen LogP contribution is 2.20. The van der Waals surface area contributed by atoms with Crippen molar-refractivity contribution in [3.8, 4) is 5.69 Å². The van der Waals surface area contributed by atoms with Gasteiger partial charge in [-0.3, -0.25) is 4.79 Å². The zero-order valence-corrected chi connectivity index (χ0v) is 14.4. The normalized spacial score (nSPS) is 12.0. The lowest BCUT2D eigenvalue weighted by Crippen LogP contribution is -2.24. The minimum atomic E-state index is -0.987. The van der Waals surface area contributed by atoms with E-state index in [4.69, 9.17) is 11.6 Å². The lowest BCUT2D eigenvalue weighted by molar-refractivity contribution is 0.191. The van der Waals surface area contributed by atoms with Gasteiger partial charge in [0.2, 0.25) is 0 Å². The molecule has 9 heteroatoms. The third kappa shape index (κ3) is 4.12. The number of anilines is 1. The van der Waals surface area contributed by atoms with Crippen molar-refractivity contribution in [2.24, 2.45) is 0 Å². The summed E-state index contributed by atoms with van der Waals surface area (Å²) >= 11 is 6.02. The monoisotopic (exact) mass is 395 g/mol. The lowest BCUT2D eigenvalue weighted by Gasteiger charge is -2.14. The molecule has 2 aromatic carbocycles. The van der Waals surface area contributed by atoms with Crippen LogP contribution in [0.2, 0.25) is 5.02 Å². The van der Waals surface area contributed by atoms with Crippen molar-refractivity contribution >= 4 is 17.3 Å². The second-order valence-electron chi connectivity index (χ2n) is 5.63. The van der Waals surface area contributed by atoms with Gasteiger partial charge in [0, 0.05) is 12.6 Å². The lowest BCUT2D eigenvalue weighted by atomic mass is 10.1. The molecule has 0 aliphatic carbocycles. The molecule has 1 unspecified atom stereocenters. The first kappa shape index (κ1) is 18.9. The third-order valence-corrected chi connectivity index (χ3v) is 4.16. The molecule has 3 rings (SSSR count). The van der Waals surface area contributed by atoms with Gasteiger partial charge in [0.25, 0.3) is 5.56 Å². The van der Waals surface area contributed by atoms with Gasteiger partial charge in [-0.05, 0) is 29.8 Å². The summed E-state index contributed by atoms with van der Waals surface area (Å²) in [7, 11) is 0. The van der Waals surface area contributed by atoms with Gasteiger partial charge in [0.1, 0.15) is 22.3 Å². The summed E-state index contributed by atoms with van der Waals surface area (Å²) in [6.07, 6.45) is 0.197. The summed E-state index contributed by atoms with van der Waals surface area (Å²) in [5.74, 6) is -2.18. The van der Waals surface area contributed by atoms with E-state index in [0.717, 1.165) is 12.1 Å². The van der Waals surface area contributed by atoms with E-state index in [1.807, 2.05) is 0 Å². The molecule has 0 saturated heterocycles. The van der Waals surface area contributed by atoms with Crippen LogP contribution < -0.4 is 10.9 Å². The highest BCUT2D eigenvalue weighted by Gasteiger charge is 2.15. The second kappa shape index (κ2) is 7.81. The van der Waals surface area contributed by atoms with Gasteiger partial charge in [-0.15, -0.1) is 0 Å². The number of benzene rings is 2. The summed E-state index contributed by atoms with van der Waals surface area (Å²) in [5, 5.41) is 16.4. The van der Waals surface area contributed by atoms with Crippen molar-refractivity contribution in [2.45, 2.75) is 6.10 Å². The molecule has 0 aliphatic rings. The maximum absolute atomic E-state index is 13.9. The van der Waals surface area contributed by atoms with E-state index in [1.165, 1.54) is 30.5 Å². The van der Waals surface area contributed by atoms with Crippen molar-refractivity contribution in [3.63, 3.8) is 0 Å². The molecule has 0 amide bonds. The van der Waals surface area contributed by atoms with E-state index >= 15 is 0 Å². The molecule has 2 N–H and O–H groups in total. The Morgan fingerprint density at radius 1 is 1.11 bits per heavy atom. The average molecular weight is 396 g/mol. The van der Waals surface area contributed by atoms with Gasteiger partial charge in [-0.2, -0.15) is 9.78 Å². The molecule has 0 fully saturated rings. The molecule has 3 aromatic rings. The number of hydrogen-bond donors (Lipinski definition) is 2. The quantitative estimate of drug-likeness (QED) is 0.694. The third-order valence-electron chi connectivity index (χ3n) is 3.80. The standard InChI is InChI=1S/C18H13ClF3N3O2/c19-17-14(23-9-16(26)10-1-3-11(20)4-2-10)8-24-25(18(17)27)15-6-5-12(21)7-13(15)22/h1-8,16,23,26H,9H2. The predicted molar refractivity (Wildman–Crippen MR) is 94.6 cm³/mol. The van der Waals surface area contributed by atoms with Crippen molar-refractivity contribution in [1.82, 2.24) is 9.78 Å². The van der Waals surface area contributed by atoms with E-state index in [-0.39, 0.29) is 22.9 Å². The van der Waals surface area contributed by atoms with E-state index in [0.29, 0.717) is 16.3 Å². The average Bonchev–Trinajstić information content (AvgIpc) is 2.64. The van der Waals surface area contributed by atoms with Gasteiger partial charge in [-0.25, -0.2) is 13.2 Å². The van der Waals surface area contributed by atoms with Crippen LogP contribution in [-0.2, 0) is 0 Å². The first-order valence-corrected chi connectivity index (χ1v) is 8.15. The molecule has 1 aromatic heterocycles. The van der Waals surface area contributed by atoms with Gasteiger partial charge in [0.05, 0.1) is 18.0 Å². The Balaban J connectivity index is 1.81. The maximum atomic E-state index is 13.9. The number of aliphatic hydroxyl groups is 1. The first-order chi connectivity index (χ1) is 12.9. The molecule has 0 saturated carbocycles. The molecule has 1 heterocycles. The Hall–Kier alpha value is -2.84. The Bertz CT molecular complexity index is 1030. The molecule has 0 aliphatic heterocycles. The van der Waals surface area contributed by atoms with Crippen LogP contribution in [0.4, 0.5) is 18.9 Å². The van der Waals surface area contributed by atoms with Gasteiger partial charge in [0.15, 0.2) is 5.82 Å². The van der Waals surface area contributed by atoms with Crippen LogP contribution in [0.3, 0.4) is 0 Å². The van der Waals surface area contributed by atoms with Crippen LogP contribution in [-0.4, -0.2) is 21.4 Å². The number of nitrogens with one attached hydrogen (secondary N) is 1. The molecule has 0 radical (unpaired) electrons. The zero-order chi connectivity index (χ0) is 19.6. The largest absolute Gasteiger partial charge is 0.387 e. The molecular weight excluding hydrogens is 383 g/mol. The van der Waals surface area contributed by atoms with Crippen LogP contribution in [0.25, 0.3) is 5.69 Å². The molecular formula is C18H13ClF3N3O2. The van der Waals surface area contributed by atoms with Gasteiger partial charge in [-0.1, -0.05) is 23.7 Å². The zero-order valence-electron chi connectivity index (χ0n) is 13.7. The minimum absolute atomic E-state index is 0.0264. The maximum Gasteiger partial charge on any atom is 0.292 e. The van der Waals surface area contributed by atoms with Crippen molar-refractivity contribution in [3.05, 3.63) is 87.1 Å². The smallest absolute Gasteiger partial charge is 0.292 e. The van der Waals surface area contributed by atoms with Crippen molar-refractivity contribution in [2.75, 3.05) is 11.9 Å². The summed E-state index contributed by atoms with van der Waals surface area (Å²) in [6.45, 7) is -0.0264. The van der Waals surface area contributed by atoms with E-state index in [1.54, 1.807) is 0 Å². The summed E-state index contributed by atoms with van der Waals surface area (Å²) < 4.78 is 40.5. The number of halogens is 4. The Kier molecular flexibility index (Phi) is 5.48. The number of rotatable bonds is 5. The van der Waals surface area contributed by atoms with Crippen molar-refractivity contribution in [1.29, 1.82) is 0 Å². The van der Waals surface area contributed by atoms with Crippen LogP contribution >= 0.6 is 11.6 Å². The molecule has 0 spiro atoms. The second-order valence-corrected chi connectivity index (χ2v) is 6.01. The SMILES string of the molecule is O=c1c(Cl)c(NCC(O)c2ccc(F)cc2)cnn1-c1ccc(F)cc1F. The highest BCUT2D eigenvalue weighted by molar-refractivity contribution is 6.32. The van der Waals surface area contributed by atoms with Gasteiger partial charge < -0.3 is 10.4 Å². The van der Waals surface area contributed by atoms with E-state index < -0.39 is 29.1 Å². The fourth-order valence-electron chi connectivity index (χ4n) is 2.39. The molecule has 1 atom stereocenters. The Labute approximate surface area is 156 Å². The Morgan fingerprint density at radius 3 is 2.44 bits per heavy atom. The summed E-state index contributed by atoms with van der Waals surface area (Å²) in [6, 6.07) is 7.97. The predicted octanol–water partition coefficient (Wildman–Crippen LogP) is 3.45. The first-order valence-electron chi connectivity index (χ1n) is 7.77. The topological polar surface area (TPSA) is 67.2 Å². The molecule has 27 heavy (non-hydrogen) atoms. The number of aromatic nitrogens is 2. The van der Waals surface area contributed by atoms with Crippen LogP contribution in [0.15, 0.2) is 53.5 Å². The molecule has 0 bridgehead atoms. The summed E-state index contributed by atoms with van der Waals surface area (Å²) in [4.78, 5) is 12.3.